The van der Waals surface area contributed by atoms with Gasteiger partial charge in [0.05, 0.1) is 11.6 Å². The number of carbonyl (C=O) groups is 2. The number of hydrogen-bond acceptors (Lipinski definition) is 4. The van der Waals surface area contributed by atoms with Gasteiger partial charge in [-0.25, -0.2) is 0 Å². The summed E-state index contributed by atoms with van der Waals surface area (Å²) in [5.41, 5.74) is -2.49. The lowest BCUT2D eigenvalue weighted by atomic mass is 9.43. The summed E-state index contributed by atoms with van der Waals surface area (Å²) < 4.78 is 37.2. The van der Waals surface area contributed by atoms with Crippen molar-refractivity contribution in [2.75, 3.05) is 6.61 Å². The van der Waals surface area contributed by atoms with Gasteiger partial charge in [0.2, 0.25) is 0 Å². The lowest BCUT2D eigenvalue weighted by Crippen LogP contribution is -2.63. The average Bonchev–Trinajstić information content (AvgIpc) is 3.27. The zero-order valence-electron chi connectivity index (χ0n) is 18.8. The standard InChI is InChI=1S/C24H32F3NO4/c1-14(2)19-9-16-10-22(13-29)18-6-5-15(3)17(18)11-21(16,24(19,22)20(30)31)12-28-32-8-4-7-23(25,26)27/h9,12-18H,4-8,10-11H2,1-3H3,(H,30,31)/b28-12+/t15-,16+,17-,18-,21+,22+,24-/m1/s1. The van der Waals surface area contributed by atoms with Crippen LogP contribution in [-0.4, -0.2) is 36.4 Å². The number of carboxylic acids is 1. The van der Waals surface area contributed by atoms with Crippen molar-refractivity contribution >= 4 is 18.5 Å². The minimum absolute atomic E-state index is 0.0211. The molecule has 3 fully saturated rings. The predicted octanol–water partition coefficient (Wildman–Crippen LogP) is 5.26. The molecule has 0 unspecified atom stereocenters. The third-order valence-electron chi connectivity index (χ3n) is 9.05. The third-order valence-corrected chi connectivity index (χ3v) is 9.05. The molecule has 8 heteroatoms. The second kappa shape index (κ2) is 7.59. The number of oxime groups is 1. The fourth-order valence-corrected chi connectivity index (χ4v) is 8.01. The fraction of sp³-hybridized carbons (Fsp3) is 0.792. The maximum absolute atomic E-state index is 13.2. The highest BCUT2D eigenvalue weighted by atomic mass is 19.4. The van der Waals surface area contributed by atoms with E-state index in [1.54, 1.807) is 6.21 Å². The van der Waals surface area contributed by atoms with Crippen LogP contribution in [0.25, 0.3) is 0 Å². The fourth-order valence-electron chi connectivity index (χ4n) is 8.01. The number of hydrogen-bond donors (Lipinski definition) is 1. The van der Waals surface area contributed by atoms with E-state index in [9.17, 15) is 27.9 Å². The van der Waals surface area contributed by atoms with Gasteiger partial charge in [0.15, 0.2) is 0 Å². The number of fused-ring (bicyclic) bond motifs is 2. The summed E-state index contributed by atoms with van der Waals surface area (Å²) >= 11 is 0. The summed E-state index contributed by atoms with van der Waals surface area (Å²) in [6.45, 7) is 5.89. The zero-order chi connectivity index (χ0) is 23.5. The summed E-state index contributed by atoms with van der Waals surface area (Å²) in [7, 11) is 0. The van der Waals surface area contributed by atoms with E-state index in [0.717, 1.165) is 24.7 Å². The highest BCUT2D eigenvalue weighted by Gasteiger charge is 2.84. The topological polar surface area (TPSA) is 76.0 Å². The van der Waals surface area contributed by atoms with Crippen molar-refractivity contribution in [3.8, 4) is 0 Å². The van der Waals surface area contributed by atoms with Gasteiger partial charge in [-0.2, -0.15) is 13.2 Å². The SMILES string of the molecule is CC(C)C1=C[C@H]2C[C@]3(C=O)[C@@H]4CC[C@@H](C)[C@H]4C[C@@]2(/C=N/OCCCC(F)(F)F)[C@]13C(=O)O. The van der Waals surface area contributed by atoms with Gasteiger partial charge < -0.3 is 14.7 Å². The van der Waals surface area contributed by atoms with Crippen molar-refractivity contribution in [1.29, 1.82) is 0 Å². The molecule has 1 N–H and O–H groups in total. The van der Waals surface area contributed by atoms with Gasteiger partial charge in [-0.05, 0) is 55.3 Å². The van der Waals surface area contributed by atoms with Crippen molar-refractivity contribution in [3.05, 3.63) is 11.6 Å². The number of carbonyl (C=O) groups excluding carboxylic acids is 1. The molecule has 0 heterocycles. The lowest BCUT2D eigenvalue weighted by Gasteiger charge is -2.57. The molecule has 0 aliphatic heterocycles. The van der Waals surface area contributed by atoms with E-state index in [-0.39, 0.29) is 36.7 Å². The molecule has 32 heavy (non-hydrogen) atoms. The van der Waals surface area contributed by atoms with Gasteiger partial charge >= 0.3 is 12.1 Å². The van der Waals surface area contributed by atoms with E-state index >= 15 is 0 Å². The van der Waals surface area contributed by atoms with Crippen LogP contribution in [0.2, 0.25) is 0 Å². The van der Waals surface area contributed by atoms with Gasteiger partial charge in [-0.15, -0.1) is 0 Å². The Hall–Kier alpha value is -1.86. The smallest absolute Gasteiger partial charge is 0.389 e. The number of aliphatic carboxylic acids is 1. The molecule has 4 bridgehead atoms. The maximum Gasteiger partial charge on any atom is 0.389 e. The van der Waals surface area contributed by atoms with Crippen LogP contribution in [0.5, 0.6) is 0 Å². The second-order valence-corrected chi connectivity index (χ2v) is 10.7. The van der Waals surface area contributed by atoms with Crippen LogP contribution in [0.3, 0.4) is 0 Å². The lowest BCUT2D eigenvalue weighted by molar-refractivity contribution is -0.173. The first kappa shape index (κ1) is 23.3. The van der Waals surface area contributed by atoms with Gasteiger partial charge in [0, 0.05) is 11.8 Å². The van der Waals surface area contributed by atoms with Crippen molar-refractivity contribution < 1.29 is 32.7 Å². The molecular weight excluding hydrogens is 423 g/mol. The first-order chi connectivity index (χ1) is 15.0. The Labute approximate surface area is 186 Å². The molecule has 0 aromatic rings. The van der Waals surface area contributed by atoms with Gasteiger partial charge in [-0.1, -0.05) is 44.0 Å². The van der Waals surface area contributed by atoms with E-state index in [4.69, 9.17) is 4.84 Å². The molecule has 178 valence electrons. The Morgan fingerprint density at radius 1 is 1.31 bits per heavy atom. The second-order valence-electron chi connectivity index (χ2n) is 10.7. The Bertz CT molecular complexity index is 853. The van der Waals surface area contributed by atoms with E-state index in [1.165, 1.54) is 0 Å². The normalized spacial score (nSPS) is 42.4. The predicted molar refractivity (Wildman–Crippen MR) is 112 cm³/mol. The van der Waals surface area contributed by atoms with Gasteiger partial charge in [0.1, 0.15) is 18.3 Å². The summed E-state index contributed by atoms with van der Waals surface area (Å²) in [6, 6.07) is 0. The summed E-state index contributed by atoms with van der Waals surface area (Å²) in [5, 5.41) is 14.8. The van der Waals surface area contributed by atoms with E-state index in [1.807, 2.05) is 19.9 Å². The van der Waals surface area contributed by atoms with Crippen LogP contribution >= 0.6 is 0 Å². The monoisotopic (exact) mass is 455 g/mol. The Morgan fingerprint density at radius 3 is 2.62 bits per heavy atom. The summed E-state index contributed by atoms with van der Waals surface area (Å²) in [6.07, 6.45) is 2.01. The average molecular weight is 456 g/mol. The largest absolute Gasteiger partial charge is 0.481 e. The van der Waals surface area contributed by atoms with Crippen LogP contribution in [0.1, 0.15) is 59.3 Å². The number of carboxylic acid groups (broad SMARTS) is 1. The Balaban J connectivity index is 1.74. The van der Waals surface area contributed by atoms with Crippen LogP contribution in [0, 0.1) is 45.8 Å². The van der Waals surface area contributed by atoms with Gasteiger partial charge in [-0.3, -0.25) is 4.79 Å². The first-order valence-corrected chi connectivity index (χ1v) is 11.6. The quantitative estimate of drug-likeness (QED) is 0.178. The molecule has 0 aromatic carbocycles. The van der Waals surface area contributed by atoms with Crippen LogP contribution in [-0.2, 0) is 14.4 Å². The van der Waals surface area contributed by atoms with E-state index in [2.05, 4.69) is 12.1 Å². The molecule has 4 rings (SSSR count). The molecule has 4 aliphatic rings. The minimum atomic E-state index is -4.25. The molecule has 4 aliphatic carbocycles. The number of nitrogens with zero attached hydrogens (tertiary/aromatic N) is 1. The number of allylic oxidation sites excluding steroid dienone is 1. The molecule has 0 saturated heterocycles. The maximum atomic E-state index is 13.2. The molecule has 7 atom stereocenters. The molecule has 0 radical (unpaired) electrons. The van der Waals surface area contributed by atoms with E-state index < -0.39 is 34.8 Å². The molecular formula is C24H32F3NO4. The Kier molecular flexibility index (Phi) is 5.53. The molecule has 0 spiro atoms. The number of alkyl halides is 3. The third kappa shape index (κ3) is 2.86. The zero-order valence-corrected chi connectivity index (χ0v) is 18.8. The summed E-state index contributed by atoms with van der Waals surface area (Å²) in [5.74, 6) is -0.577. The van der Waals surface area contributed by atoms with E-state index in [0.29, 0.717) is 18.8 Å². The number of rotatable bonds is 8. The Morgan fingerprint density at radius 2 is 2.03 bits per heavy atom. The van der Waals surface area contributed by atoms with Crippen molar-refractivity contribution in [3.63, 3.8) is 0 Å². The van der Waals surface area contributed by atoms with Crippen molar-refractivity contribution in [2.45, 2.75) is 65.5 Å². The van der Waals surface area contributed by atoms with Crippen LogP contribution in [0.15, 0.2) is 16.8 Å². The molecule has 5 nitrogen and oxygen atoms in total. The highest BCUT2D eigenvalue weighted by molar-refractivity contribution is 5.96. The van der Waals surface area contributed by atoms with Crippen molar-refractivity contribution in [2.24, 2.45) is 51.0 Å². The first-order valence-electron chi connectivity index (χ1n) is 11.6. The van der Waals surface area contributed by atoms with Crippen LogP contribution in [0.4, 0.5) is 13.2 Å². The van der Waals surface area contributed by atoms with Gasteiger partial charge in [0.25, 0.3) is 0 Å². The highest BCUT2D eigenvalue weighted by Crippen LogP contribution is 2.82. The van der Waals surface area contributed by atoms with Crippen molar-refractivity contribution in [1.82, 2.24) is 0 Å². The van der Waals surface area contributed by atoms with Crippen LogP contribution < -0.4 is 0 Å². The molecule has 0 amide bonds. The minimum Gasteiger partial charge on any atom is -0.481 e. The summed E-state index contributed by atoms with van der Waals surface area (Å²) in [4.78, 5) is 31.2. The molecule has 3 saturated carbocycles. The molecule has 0 aromatic heterocycles. The number of aldehydes is 1. The number of halogens is 3.